The van der Waals surface area contributed by atoms with Crippen molar-refractivity contribution in [3.05, 3.63) is 29.8 Å². The van der Waals surface area contributed by atoms with Crippen LogP contribution in [0.2, 0.25) is 0 Å². The number of piperidine rings is 1. The SMILES string of the molecule is C#Cc1cccc(NC(=O)N2CCC(C)CC2)c1. The molecule has 1 aromatic carbocycles. The maximum atomic E-state index is 12.0. The Balaban J connectivity index is 1.96. The van der Waals surface area contributed by atoms with Crippen LogP contribution in [0, 0.1) is 18.3 Å². The molecule has 18 heavy (non-hydrogen) atoms. The lowest BCUT2D eigenvalue weighted by molar-refractivity contribution is 0.186. The summed E-state index contributed by atoms with van der Waals surface area (Å²) in [6.45, 7) is 3.90. The molecule has 2 amide bonds. The molecule has 2 rings (SSSR count). The number of hydrogen-bond acceptors (Lipinski definition) is 1. The van der Waals surface area contributed by atoms with E-state index in [9.17, 15) is 4.79 Å². The normalized spacial score (nSPS) is 16.1. The number of nitrogens with one attached hydrogen (secondary N) is 1. The van der Waals surface area contributed by atoms with Gasteiger partial charge in [-0.3, -0.25) is 0 Å². The van der Waals surface area contributed by atoms with Crippen molar-refractivity contribution in [3.63, 3.8) is 0 Å². The second kappa shape index (κ2) is 5.59. The Morgan fingerprint density at radius 3 is 2.83 bits per heavy atom. The molecule has 1 aliphatic rings. The number of hydrogen-bond donors (Lipinski definition) is 1. The largest absolute Gasteiger partial charge is 0.325 e. The average Bonchev–Trinajstić information content (AvgIpc) is 2.39. The van der Waals surface area contributed by atoms with Gasteiger partial charge in [-0.2, -0.15) is 0 Å². The van der Waals surface area contributed by atoms with Crippen LogP contribution in [-0.2, 0) is 0 Å². The molecule has 3 heteroatoms. The van der Waals surface area contributed by atoms with Crippen LogP contribution in [0.15, 0.2) is 24.3 Å². The smallest absolute Gasteiger partial charge is 0.321 e. The van der Waals surface area contributed by atoms with Crippen molar-refractivity contribution in [1.29, 1.82) is 0 Å². The fourth-order valence-corrected chi connectivity index (χ4v) is 2.10. The van der Waals surface area contributed by atoms with E-state index in [1.807, 2.05) is 29.2 Å². The summed E-state index contributed by atoms with van der Waals surface area (Å²) in [5.41, 5.74) is 1.54. The molecule has 0 atom stereocenters. The van der Waals surface area contributed by atoms with E-state index < -0.39 is 0 Å². The van der Waals surface area contributed by atoms with Gasteiger partial charge in [0.05, 0.1) is 0 Å². The number of urea groups is 1. The zero-order chi connectivity index (χ0) is 13.0. The zero-order valence-electron chi connectivity index (χ0n) is 10.6. The summed E-state index contributed by atoms with van der Waals surface area (Å²) >= 11 is 0. The maximum Gasteiger partial charge on any atom is 0.321 e. The predicted molar refractivity (Wildman–Crippen MR) is 73.4 cm³/mol. The van der Waals surface area contributed by atoms with Crippen molar-refractivity contribution in [1.82, 2.24) is 4.90 Å². The van der Waals surface area contributed by atoms with E-state index in [0.717, 1.165) is 43.1 Å². The molecule has 1 saturated heterocycles. The van der Waals surface area contributed by atoms with Gasteiger partial charge in [0.15, 0.2) is 0 Å². The van der Waals surface area contributed by atoms with Crippen molar-refractivity contribution in [2.45, 2.75) is 19.8 Å². The Morgan fingerprint density at radius 1 is 1.44 bits per heavy atom. The van der Waals surface area contributed by atoms with E-state index in [1.54, 1.807) is 0 Å². The number of terminal acetylenes is 1. The van der Waals surface area contributed by atoms with Crippen molar-refractivity contribution in [2.24, 2.45) is 5.92 Å². The van der Waals surface area contributed by atoms with Crippen LogP contribution in [0.25, 0.3) is 0 Å². The van der Waals surface area contributed by atoms with E-state index in [2.05, 4.69) is 18.2 Å². The number of amides is 2. The minimum absolute atomic E-state index is 0.0314. The fourth-order valence-electron chi connectivity index (χ4n) is 2.10. The lowest BCUT2D eigenvalue weighted by Gasteiger charge is -2.30. The van der Waals surface area contributed by atoms with Gasteiger partial charge in [0.2, 0.25) is 0 Å². The molecule has 0 spiro atoms. The molecule has 0 radical (unpaired) electrons. The summed E-state index contributed by atoms with van der Waals surface area (Å²) in [5.74, 6) is 3.28. The highest BCUT2D eigenvalue weighted by atomic mass is 16.2. The summed E-state index contributed by atoms with van der Waals surface area (Å²) in [4.78, 5) is 13.9. The van der Waals surface area contributed by atoms with Gasteiger partial charge in [-0.1, -0.05) is 18.9 Å². The monoisotopic (exact) mass is 242 g/mol. The van der Waals surface area contributed by atoms with E-state index in [-0.39, 0.29) is 6.03 Å². The number of likely N-dealkylation sites (tertiary alicyclic amines) is 1. The lowest BCUT2D eigenvalue weighted by Crippen LogP contribution is -2.40. The molecular weight excluding hydrogens is 224 g/mol. The number of carbonyl (C=O) groups excluding carboxylic acids is 1. The summed E-state index contributed by atoms with van der Waals surface area (Å²) in [6, 6.07) is 7.33. The number of rotatable bonds is 1. The van der Waals surface area contributed by atoms with Gasteiger partial charge in [-0.05, 0) is 37.0 Å². The van der Waals surface area contributed by atoms with Crippen molar-refractivity contribution < 1.29 is 4.79 Å². The van der Waals surface area contributed by atoms with Gasteiger partial charge < -0.3 is 10.2 Å². The van der Waals surface area contributed by atoms with Gasteiger partial charge in [0.1, 0.15) is 0 Å². The Labute approximate surface area is 108 Å². The Bertz CT molecular complexity index is 468. The zero-order valence-corrected chi connectivity index (χ0v) is 10.6. The fraction of sp³-hybridized carbons (Fsp3) is 0.400. The van der Waals surface area contributed by atoms with Crippen LogP contribution < -0.4 is 5.32 Å². The predicted octanol–water partition coefficient (Wildman–Crippen LogP) is 2.93. The first-order valence-electron chi connectivity index (χ1n) is 6.31. The molecule has 1 aliphatic heterocycles. The summed E-state index contributed by atoms with van der Waals surface area (Å²) < 4.78 is 0. The molecule has 94 valence electrons. The van der Waals surface area contributed by atoms with Crippen molar-refractivity contribution >= 4 is 11.7 Å². The van der Waals surface area contributed by atoms with Crippen molar-refractivity contribution in [2.75, 3.05) is 18.4 Å². The third kappa shape index (κ3) is 3.04. The number of carbonyl (C=O) groups is 1. The second-order valence-electron chi connectivity index (χ2n) is 4.82. The first kappa shape index (κ1) is 12.5. The number of anilines is 1. The van der Waals surface area contributed by atoms with Crippen LogP contribution in [0.4, 0.5) is 10.5 Å². The van der Waals surface area contributed by atoms with E-state index >= 15 is 0 Å². The van der Waals surface area contributed by atoms with Gasteiger partial charge in [-0.25, -0.2) is 4.79 Å². The highest BCUT2D eigenvalue weighted by molar-refractivity contribution is 5.89. The van der Waals surface area contributed by atoms with Gasteiger partial charge in [0, 0.05) is 24.3 Å². The topological polar surface area (TPSA) is 32.3 Å². The minimum Gasteiger partial charge on any atom is -0.325 e. The van der Waals surface area contributed by atoms with E-state index in [4.69, 9.17) is 6.42 Å². The molecule has 3 nitrogen and oxygen atoms in total. The van der Waals surface area contributed by atoms with Crippen LogP contribution in [-0.4, -0.2) is 24.0 Å². The third-order valence-electron chi connectivity index (χ3n) is 3.35. The molecule has 1 heterocycles. The van der Waals surface area contributed by atoms with Crippen LogP contribution >= 0.6 is 0 Å². The second-order valence-corrected chi connectivity index (χ2v) is 4.82. The molecular formula is C15H18N2O. The average molecular weight is 242 g/mol. The van der Waals surface area contributed by atoms with Gasteiger partial charge in [-0.15, -0.1) is 6.42 Å². The highest BCUT2D eigenvalue weighted by Gasteiger charge is 2.20. The lowest BCUT2D eigenvalue weighted by atomic mass is 10.00. The number of benzene rings is 1. The molecule has 1 N–H and O–H groups in total. The van der Waals surface area contributed by atoms with Crippen LogP contribution in [0.5, 0.6) is 0 Å². The highest BCUT2D eigenvalue weighted by Crippen LogP contribution is 2.17. The molecule has 0 saturated carbocycles. The Hall–Kier alpha value is -1.95. The maximum absolute atomic E-state index is 12.0. The van der Waals surface area contributed by atoms with E-state index in [0.29, 0.717) is 0 Å². The van der Waals surface area contributed by atoms with Gasteiger partial charge >= 0.3 is 6.03 Å². The quantitative estimate of drug-likeness (QED) is 0.754. The molecule has 1 aromatic rings. The minimum atomic E-state index is -0.0314. The first-order chi connectivity index (χ1) is 8.69. The molecule has 1 fully saturated rings. The summed E-state index contributed by atoms with van der Waals surface area (Å²) in [7, 11) is 0. The van der Waals surface area contributed by atoms with Crippen LogP contribution in [0.3, 0.4) is 0 Å². The van der Waals surface area contributed by atoms with Gasteiger partial charge in [0.25, 0.3) is 0 Å². The third-order valence-corrected chi connectivity index (χ3v) is 3.35. The molecule has 0 aromatic heterocycles. The number of nitrogens with zero attached hydrogens (tertiary/aromatic N) is 1. The molecule has 0 aliphatic carbocycles. The van der Waals surface area contributed by atoms with Crippen LogP contribution in [0.1, 0.15) is 25.3 Å². The molecule has 0 unspecified atom stereocenters. The van der Waals surface area contributed by atoms with E-state index in [1.165, 1.54) is 0 Å². The summed E-state index contributed by atoms with van der Waals surface area (Å²) in [5, 5.41) is 2.89. The first-order valence-corrected chi connectivity index (χ1v) is 6.31. The Kier molecular flexibility index (Phi) is 3.88. The standard InChI is InChI=1S/C15H18N2O/c1-3-13-5-4-6-14(11-13)16-15(18)17-9-7-12(2)8-10-17/h1,4-6,11-12H,7-10H2,2H3,(H,16,18). The van der Waals surface area contributed by atoms with Crippen molar-refractivity contribution in [3.8, 4) is 12.3 Å². The molecule has 0 bridgehead atoms. The Morgan fingerprint density at radius 2 is 2.17 bits per heavy atom. The summed E-state index contributed by atoms with van der Waals surface area (Å²) in [6.07, 6.45) is 7.50.